The lowest BCUT2D eigenvalue weighted by Gasteiger charge is -2.13. The van der Waals surface area contributed by atoms with Gasteiger partial charge in [0.2, 0.25) is 0 Å². The summed E-state index contributed by atoms with van der Waals surface area (Å²) in [5.41, 5.74) is -0.00463. The highest BCUT2D eigenvalue weighted by molar-refractivity contribution is 5.45. The summed E-state index contributed by atoms with van der Waals surface area (Å²) in [6.07, 6.45) is 0. The molecule has 0 saturated heterocycles. The Kier molecular flexibility index (Phi) is 8.57. The molecular formula is C13H22N2O3. The van der Waals surface area contributed by atoms with Gasteiger partial charge in [-0.25, -0.2) is 0 Å². The number of nitro benzene ring substituents is 1. The number of methoxy groups -OCH3 is 1. The highest BCUT2D eigenvalue weighted by Gasteiger charge is 2.11. The van der Waals surface area contributed by atoms with Gasteiger partial charge in [-0.05, 0) is 25.7 Å². The second kappa shape index (κ2) is 9.41. The van der Waals surface area contributed by atoms with Gasteiger partial charge in [-0.15, -0.1) is 0 Å². The molecule has 1 aromatic rings. The van der Waals surface area contributed by atoms with Crippen LogP contribution in [0.25, 0.3) is 0 Å². The van der Waals surface area contributed by atoms with Crippen LogP contribution < -0.4 is 4.74 Å². The van der Waals surface area contributed by atoms with Crippen LogP contribution in [0.2, 0.25) is 0 Å². The first-order valence-corrected chi connectivity index (χ1v) is 6.10. The van der Waals surface area contributed by atoms with Crippen LogP contribution in [0.15, 0.2) is 24.3 Å². The van der Waals surface area contributed by atoms with E-state index in [1.54, 1.807) is 18.2 Å². The van der Waals surface area contributed by atoms with Crippen molar-refractivity contribution in [1.29, 1.82) is 0 Å². The van der Waals surface area contributed by atoms with Crippen molar-refractivity contribution < 1.29 is 9.66 Å². The Morgan fingerprint density at radius 1 is 1.17 bits per heavy atom. The Balaban J connectivity index is 0.000000360. The second-order valence-corrected chi connectivity index (χ2v) is 3.55. The minimum absolute atomic E-state index is 0.00463. The van der Waals surface area contributed by atoms with Gasteiger partial charge in [0, 0.05) is 6.07 Å². The molecule has 18 heavy (non-hydrogen) atoms. The normalized spacial score (nSPS) is 9.61. The molecule has 1 rings (SSSR count). The van der Waals surface area contributed by atoms with E-state index >= 15 is 0 Å². The highest BCUT2D eigenvalue weighted by atomic mass is 16.6. The number of hydrogen-bond donors (Lipinski definition) is 0. The summed E-state index contributed by atoms with van der Waals surface area (Å²) < 4.78 is 4.76. The zero-order valence-electron chi connectivity index (χ0n) is 11.5. The Morgan fingerprint density at radius 2 is 1.67 bits per heavy atom. The van der Waals surface area contributed by atoms with Gasteiger partial charge in [-0.1, -0.05) is 32.9 Å². The lowest BCUT2D eigenvalue weighted by molar-refractivity contribution is -0.385. The second-order valence-electron chi connectivity index (χ2n) is 3.55. The first-order chi connectivity index (χ1) is 8.60. The Morgan fingerprint density at radius 3 is 1.94 bits per heavy atom. The van der Waals surface area contributed by atoms with Crippen LogP contribution in [-0.4, -0.2) is 36.6 Å². The molecule has 0 unspecified atom stereocenters. The van der Waals surface area contributed by atoms with Crippen molar-refractivity contribution in [3.63, 3.8) is 0 Å². The lowest BCUT2D eigenvalue weighted by Crippen LogP contribution is -2.21. The quantitative estimate of drug-likeness (QED) is 0.599. The summed E-state index contributed by atoms with van der Waals surface area (Å²) in [6, 6.07) is 6.24. The molecule has 0 aliphatic heterocycles. The fourth-order valence-electron chi connectivity index (χ4n) is 1.45. The molecule has 102 valence electrons. The molecule has 0 radical (unpaired) electrons. The Bertz CT molecular complexity index is 346. The van der Waals surface area contributed by atoms with Gasteiger partial charge in [0.1, 0.15) is 0 Å². The van der Waals surface area contributed by atoms with E-state index < -0.39 is 4.92 Å². The summed E-state index contributed by atoms with van der Waals surface area (Å²) in [4.78, 5) is 12.2. The number of para-hydroxylation sites is 2. The minimum atomic E-state index is -0.473. The number of ether oxygens (including phenoxy) is 1. The van der Waals surface area contributed by atoms with Gasteiger partial charge in [0.05, 0.1) is 12.0 Å². The molecule has 0 amide bonds. The number of nitrogens with zero attached hydrogens (tertiary/aromatic N) is 2. The molecule has 0 fully saturated rings. The van der Waals surface area contributed by atoms with Crippen LogP contribution in [0.5, 0.6) is 5.75 Å². The fourth-order valence-corrected chi connectivity index (χ4v) is 1.45. The van der Waals surface area contributed by atoms with Crippen LogP contribution in [0, 0.1) is 10.1 Å². The summed E-state index contributed by atoms with van der Waals surface area (Å²) in [5, 5.41) is 10.3. The summed E-state index contributed by atoms with van der Waals surface area (Å²) in [7, 11) is 1.41. The lowest BCUT2D eigenvalue weighted by atomic mass is 10.3. The molecule has 0 N–H and O–H groups in total. The van der Waals surface area contributed by atoms with Crippen molar-refractivity contribution in [2.45, 2.75) is 20.8 Å². The molecule has 0 aliphatic rings. The van der Waals surface area contributed by atoms with Crippen LogP contribution in [0.3, 0.4) is 0 Å². The molecule has 0 bridgehead atoms. The largest absolute Gasteiger partial charge is 0.490 e. The monoisotopic (exact) mass is 254 g/mol. The predicted molar refractivity (Wildman–Crippen MR) is 73.1 cm³/mol. The van der Waals surface area contributed by atoms with Gasteiger partial charge in [0.25, 0.3) is 0 Å². The van der Waals surface area contributed by atoms with E-state index in [9.17, 15) is 10.1 Å². The van der Waals surface area contributed by atoms with E-state index in [4.69, 9.17) is 4.74 Å². The number of nitro groups is 1. The van der Waals surface area contributed by atoms with Crippen molar-refractivity contribution in [3.8, 4) is 5.75 Å². The smallest absolute Gasteiger partial charge is 0.310 e. The molecule has 0 heterocycles. The van der Waals surface area contributed by atoms with Crippen LogP contribution in [0.1, 0.15) is 20.8 Å². The van der Waals surface area contributed by atoms with Crippen molar-refractivity contribution in [3.05, 3.63) is 34.4 Å². The third-order valence-electron chi connectivity index (χ3n) is 2.62. The van der Waals surface area contributed by atoms with E-state index in [-0.39, 0.29) is 11.4 Å². The zero-order valence-corrected chi connectivity index (χ0v) is 11.5. The third-order valence-corrected chi connectivity index (χ3v) is 2.62. The SMILES string of the molecule is CCN(CC)CC.COc1ccccc1[N+](=O)[O-]. The van der Waals surface area contributed by atoms with Crippen molar-refractivity contribution in [2.24, 2.45) is 0 Å². The van der Waals surface area contributed by atoms with E-state index in [2.05, 4.69) is 25.7 Å². The summed E-state index contributed by atoms with van der Waals surface area (Å²) in [5.74, 6) is 0.289. The van der Waals surface area contributed by atoms with Gasteiger partial charge >= 0.3 is 5.69 Å². The van der Waals surface area contributed by atoms with Gasteiger partial charge in [-0.3, -0.25) is 10.1 Å². The van der Waals surface area contributed by atoms with Crippen molar-refractivity contribution >= 4 is 5.69 Å². The topological polar surface area (TPSA) is 55.6 Å². The molecule has 0 aromatic heterocycles. The Labute approximate surface area is 109 Å². The van der Waals surface area contributed by atoms with Crippen molar-refractivity contribution in [2.75, 3.05) is 26.7 Å². The maximum absolute atomic E-state index is 10.3. The average Bonchev–Trinajstić information content (AvgIpc) is 2.41. The van der Waals surface area contributed by atoms with E-state index in [1.165, 1.54) is 32.8 Å². The maximum atomic E-state index is 10.3. The zero-order chi connectivity index (χ0) is 14.0. The third kappa shape index (κ3) is 5.63. The fraction of sp³-hybridized carbons (Fsp3) is 0.538. The molecule has 0 atom stereocenters. The van der Waals surface area contributed by atoms with Gasteiger partial charge < -0.3 is 9.64 Å². The molecule has 5 nitrogen and oxygen atoms in total. The van der Waals surface area contributed by atoms with Gasteiger partial charge in [0.15, 0.2) is 5.75 Å². The molecule has 0 aliphatic carbocycles. The number of hydrogen-bond acceptors (Lipinski definition) is 4. The average molecular weight is 254 g/mol. The standard InChI is InChI=1S/C7H7NO3.C6H15N/c1-11-7-5-3-2-4-6(7)8(9)10;1-4-7(5-2)6-3/h2-5H,1H3;4-6H2,1-3H3. The first kappa shape index (κ1) is 16.4. The molecular weight excluding hydrogens is 232 g/mol. The van der Waals surface area contributed by atoms with Crippen LogP contribution in [-0.2, 0) is 0 Å². The highest BCUT2D eigenvalue weighted by Crippen LogP contribution is 2.24. The van der Waals surface area contributed by atoms with Gasteiger partial charge in [-0.2, -0.15) is 0 Å². The van der Waals surface area contributed by atoms with Crippen molar-refractivity contribution in [1.82, 2.24) is 4.90 Å². The van der Waals surface area contributed by atoms with E-state index in [1.807, 2.05) is 0 Å². The van der Waals surface area contributed by atoms with Crippen LogP contribution in [0.4, 0.5) is 5.69 Å². The maximum Gasteiger partial charge on any atom is 0.310 e. The summed E-state index contributed by atoms with van der Waals surface area (Å²) in [6.45, 7) is 10.1. The molecule has 0 saturated carbocycles. The molecule has 0 spiro atoms. The van der Waals surface area contributed by atoms with E-state index in [0.29, 0.717) is 0 Å². The van der Waals surface area contributed by atoms with Crippen LogP contribution >= 0.6 is 0 Å². The predicted octanol–water partition coefficient (Wildman–Crippen LogP) is 2.95. The first-order valence-electron chi connectivity index (χ1n) is 6.10. The Hall–Kier alpha value is -1.62. The number of benzene rings is 1. The number of rotatable bonds is 5. The minimum Gasteiger partial charge on any atom is -0.490 e. The molecule has 5 heteroatoms. The molecule has 1 aromatic carbocycles. The van der Waals surface area contributed by atoms with E-state index in [0.717, 1.165) is 0 Å². The summed E-state index contributed by atoms with van der Waals surface area (Å²) >= 11 is 0.